The standard InChI is InChI=1S/C14H21BrN2/c1-16-14-5-3-2-4-11(8-14)6-12-7-13(15)10-17-9-12/h7,9-11,14,16H,2-6,8H2,1H3. The molecule has 1 N–H and O–H groups in total. The van der Waals surface area contributed by atoms with Gasteiger partial charge in [0.05, 0.1) is 0 Å². The fraction of sp³-hybridized carbons (Fsp3) is 0.643. The quantitative estimate of drug-likeness (QED) is 0.863. The zero-order valence-electron chi connectivity index (χ0n) is 10.5. The van der Waals surface area contributed by atoms with E-state index < -0.39 is 0 Å². The van der Waals surface area contributed by atoms with Gasteiger partial charge in [0.2, 0.25) is 0 Å². The molecule has 1 saturated carbocycles. The van der Waals surface area contributed by atoms with Crippen LogP contribution < -0.4 is 5.32 Å². The predicted octanol–water partition coefficient (Wildman–Crippen LogP) is 3.55. The Kier molecular flexibility index (Phi) is 4.99. The number of nitrogens with one attached hydrogen (secondary N) is 1. The van der Waals surface area contributed by atoms with E-state index in [1.165, 1.54) is 44.1 Å². The Morgan fingerprint density at radius 2 is 2.18 bits per heavy atom. The van der Waals surface area contributed by atoms with Crippen LogP contribution in [0.25, 0.3) is 0 Å². The lowest BCUT2D eigenvalue weighted by Gasteiger charge is -2.19. The molecular weight excluding hydrogens is 276 g/mol. The van der Waals surface area contributed by atoms with Crippen molar-refractivity contribution in [2.45, 2.75) is 44.6 Å². The second kappa shape index (κ2) is 6.50. The number of hydrogen-bond donors (Lipinski definition) is 1. The van der Waals surface area contributed by atoms with Crippen molar-refractivity contribution in [3.8, 4) is 0 Å². The molecule has 0 spiro atoms. The number of halogens is 1. The van der Waals surface area contributed by atoms with Gasteiger partial charge in [-0.2, -0.15) is 0 Å². The second-order valence-corrected chi connectivity index (χ2v) is 6.00. The van der Waals surface area contributed by atoms with Crippen molar-refractivity contribution in [1.29, 1.82) is 0 Å². The van der Waals surface area contributed by atoms with E-state index in [0.717, 1.165) is 10.4 Å². The lowest BCUT2D eigenvalue weighted by Crippen LogP contribution is -2.26. The largest absolute Gasteiger partial charge is 0.317 e. The summed E-state index contributed by atoms with van der Waals surface area (Å²) in [5.74, 6) is 0.811. The molecular formula is C14H21BrN2. The first-order valence-corrected chi connectivity index (χ1v) is 7.34. The zero-order valence-corrected chi connectivity index (χ0v) is 12.0. The highest BCUT2D eigenvalue weighted by molar-refractivity contribution is 9.10. The van der Waals surface area contributed by atoms with Crippen LogP contribution in [0, 0.1) is 5.92 Å². The fourth-order valence-corrected chi connectivity index (χ4v) is 3.22. The molecule has 0 radical (unpaired) electrons. The Labute approximate surface area is 112 Å². The van der Waals surface area contributed by atoms with Crippen molar-refractivity contribution in [2.75, 3.05) is 7.05 Å². The number of rotatable bonds is 3. The molecule has 2 nitrogen and oxygen atoms in total. The Balaban J connectivity index is 1.97. The Morgan fingerprint density at radius 1 is 1.35 bits per heavy atom. The van der Waals surface area contributed by atoms with Crippen molar-refractivity contribution in [3.63, 3.8) is 0 Å². The van der Waals surface area contributed by atoms with Gasteiger partial charge in [0.1, 0.15) is 0 Å². The normalized spacial score (nSPS) is 25.5. The van der Waals surface area contributed by atoms with Gasteiger partial charge in [-0.15, -0.1) is 0 Å². The molecule has 2 unspecified atom stereocenters. The highest BCUT2D eigenvalue weighted by atomic mass is 79.9. The summed E-state index contributed by atoms with van der Waals surface area (Å²) in [5.41, 5.74) is 1.36. The van der Waals surface area contributed by atoms with Gasteiger partial charge in [-0.25, -0.2) is 0 Å². The molecule has 1 aromatic heterocycles. The molecule has 17 heavy (non-hydrogen) atoms. The molecule has 3 heteroatoms. The summed E-state index contributed by atoms with van der Waals surface area (Å²) in [5, 5.41) is 3.45. The van der Waals surface area contributed by atoms with Crippen LogP contribution in [-0.2, 0) is 6.42 Å². The van der Waals surface area contributed by atoms with Gasteiger partial charge in [0.15, 0.2) is 0 Å². The van der Waals surface area contributed by atoms with Crippen molar-refractivity contribution in [3.05, 3.63) is 28.5 Å². The molecule has 1 aliphatic carbocycles. The second-order valence-electron chi connectivity index (χ2n) is 5.09. The van der Waals surface area contributed by atoms with Crippen LogP contribution in [0.15, 0.2) is 22.9 Å². The molecule has 94 valence electrons. The van der Waals surface area contributed by atoms with Gasteiger partial charge in [-0.3, -0.25) is 4.98 Å². The minimum Gasteiger partial charge on any atom is -0.317 e. The summed E-state index contributed by atoms with van der Waals surface area (Å²) in [6.07, 6.45) is 11.8. The zero-order chi connectivity index (χ0) is 12.1. The van der Waals surface area contributed by atoms with Crippen LogP contribution in [0.1, 0.15) is 37.7 Å². The highest BCUT2D eigenvalue weighted by Gasteiger charge is 2.19. The van der Waals surface area contributed by atoms with E-state index >= 15 is 0 Å². The van der Waals surface area contributed by atoms with Crippen LogP contribution in [0.4, 0.5) is 0 Å². The van der Waals surface area contributed by atoms with E-state index in [4.69, 9.17) is 0 Å². The van der Waals surface area contributed by atoms with Crippen LogP contribution in [0.5, 0.6) is 0 Å². The minimum absolute atomic E-state index is 0.711. The number of pyridine rings is 1. The smallest absolute Gasteiger partial charge is 0.0410 e. The van der Waals surface area contributed by atoms with E-state index in [2.05, 4.69) is 39.3 Å². The molecule has 1 fully saturated rings. The molecule has 0 bridgehead atoms. The summed E-state index contributed by atoms with van der Waals surface area (Å²) in [4.78, 5) is 4.25. The molecule has 0 saturated heterocycles. The van der Waals surface area contributed by atoms with Crippen molar-refractivity contribution >= 4 is 15.9 Å². The number of hydrogen-bond acceptors (Lipinski definition) is 2. The molecule has 1 heterocycles. The lowest BCUT2D eigenvalue weighted by atomic mass is 9.92. The average molecular weight is 297 g/mol. The van der Waals surface area contributed by atoms with Crippen LogP contribution in [-0.4, -0.2) is 18.1 Å². The fourth-order valence-electron chi connectivity index (χ4n) is 2.81. The number of aromatic nitrogens is 1. The first-order chi connectivity index (χ1) is 8.28. The number of nitrogens with zero attached hydrogens (tertiary/aromatic N) is 1. The first-order valence-electron chi connectivity index (χ1n) is 6.54. The van der Waals surface area contributed by atoms with Crippen molar-refractivity contribution in [1.82, 2.24) is 10.3 Å². The monoisotopic (exact) mass is 296 g/mol. The summed E-state index contributed by atoms with van der Waals surface area (Å²) >= 11 is 3.49. The van der Waals surface area contributed by atoms with Crippen LogP contribution in [0.3, 0.4) is 0 Å². The molecule has 0 amide bonds. The van der Waals surface area contributed by atoms with Crippen LogP contribution in [0.2, 0.25) is 0 Å². The molecule has 0 aliphatic heterocycles. The maximum atomic E-state index is 4.25. The summed E-state index contributed by atoms with van der Waals surface area (Å²) < 4.78 is 1.09. The maximum absolute atomic E-state index is 4.25. The summed E-state index contributed by atoms with van der Waals surface area (Å²) in [6, 6.07) is 2.91. The van der Waals surface area contributed by atoms with E-state index in [1.54, 1.807) is 0 Å². The lowest BCUT2D eigenvalue weighted by molar-refractivity contribution is 0.400. The van der Waals surface area contributed by atoms with Gasteiger partial charge in [-0.05, 0) is 59.8 Å². The van der Waals surface area contributed by atoms with E-state index in [-0.39, 0.29) is 0 Å². The van der Waals surface area contributed by atoms with Crippen LogP contribution >= 0.6 is 15.9 Å². The van der Waals surface area contributed by atoms with Gasteiger partial charge >= 0.3 is 0 Å². The predicted molar refractivity (Wildman–Crippen MR) is 75.1 cm³/mol. The first kappa shape index (κ1) is 13.0. The average Bonchev–Trinajstić information content (AvgIpc) is 2.54. The molecule has 2 rings (SSSR count). The highest BCUT2D eigenvalue weighted by Crippen LogP contribution is 2.26. The van der Waals surface area contributed by atoms with E-state index in [0.29, 0.717) is 6.04 Å². The van der Waals surface area contributed by atoms with Crippen molar-refractivity contribution < 1.29 is 0 Å². The SMILES string of the molecule is CNC1CCCCC(Cc2cncc(Br)c2)C1. The van der Waals surface area contributed by atoms with Crippen molar-refractivity contribution in [2.24, 2.45) is 5.92 Å². The summed E-state index contributed by atoms with van der Waals surface area (Å²) in [6.45, 7) is 0. The Hall–Kier alpha value is -0.410. The van der Waals surface area contributed by atoms with Gasteiger partial charge in [-0.1, -0.05) is 19.3 Å². The Morgan fingerprint density at radius 3 is 2.94 bits per heavy atom. The van der Waals surface area contributed by atoms with E-state index in [9.17, 15) is 0 Å². The van der Waals surface area contributed by atoms with Gasteiger partial charge < -0.3 is 5.32 Å². The molecule has 1 aliphatic rings. The minimum atomic E-state index is 0.711. The molecule has 0 aromatic carbocycles. The third kappa shape index (κ3) is 4.07. The Bertz CT molecular complexity index is 354. The van der Waals surface area contributed by atoms with E-state index in [1.807, 2.05) is 12.4 Å². The molecule has 1 aromatic rings. The van der Waals surface area contributed by atoms with Gasteiger partial charge in [0.25, 0.3) is 0 Å². The van der Waals surface area contributed by atoms with Gasteiger partial charge in [0, 0.05) is 22.9 Å². The third-order valence-electron chi connectivity index (χ3n) is 3.73. The topological polar surface area (TPSA) is 24.9 Å². The summed E-state index contributed by atoms with van der Waals surface area (Å²) in [7, 11) is 2.09. The third-order valence-corrected chi connectivity index (χ3v) is 4.16. The maximum Gasteiger partial charge on any atom is 0.0410 e. The molecule has 2 atom stereocenters.